The Morgan fingerprint density at radius 3 is 2.26 bits per heavy atom. The molecule has 3 aliphatic heterocycles. The Morgan fingerprint density at radius 1 is 0.829 bits per heavy atom. The lowest BCUT2D eigenvalue weighted by Gasteiger charge is -2.29. The fraction of sp³-hybridized carbons (Fsp3) is 0.500. The molecule has 0 spiro atoms. The van der Waals surface area contributed by atoms with Gasteiger partial charge in [-0.3, -0.25) is 14.5 Å². The van der Waals surface area contributed by atoms with Gasteiger partial charge in [-0.25, -0.2) is 0 Å². The fourth-order valence-corrected chi connectivity index (χ4v) is 5.69. The van der Waals surface area contributed by atoms with Crippen molar-refractivity contribution >= 4 is 29.8 Å². The smallest absolute Gasteiger partial charge is 0.227 e. The summed E-state index contributed by atoms with van der Waals surface area (Å²) < 4.78 is 10.9. The summed E-state index contributed by atoms with van der Waals surface area (Å²) in [5.41, 5.74) is 6.94. The minimum atomic E-state index is 0. The number of rotatable bonds is 9. The molecule has 0 radical (unpaired) electrons. The Morgan fingerprint density at radius 2 is 1.51 bits per heavy atom. The van der Waals surface area contributed by atoms with Crippen LogP contribution >= 0.6 is 12.4 Å². The van der Waals surface area contributed by atoms with E-state index in [0.29, 0.717) is 12.8 Å². The largest absolute Gasteiger partial charge is 0.493 e. The van der Waals surface area contributed by atoms with Crippen LogP contribution in [0.25, 0.3) is 0 Å². The number of amides is 1. The number of Topliss-reactive ketones (excluding diaryl/α,β-unsaturated/α-hetero) is 1. The van der Waals surface area contributed by atoms with Crippen molar-refractivity contribution < 1.29 is 19.1 Å². The number of carbonyl (C=O) groups is 2. The van der Waals surface area contributed by atoms with Crippen LogP contribution in [0.4, 0.5) is 5.69 Å². The summed E-state index contributed by atoms with van der Waals surface area (Å²) in [5.74, 6) is 2.06. The Kier molecular flexibility index (Phi) is 8.02. The fourth-order valence-electron chi connectivity index (χ4n) is 5.69. The highest BCUT2D eigenvalue weighted by Gasteiger charge is 2.32. The van der Waals surface area contributed by atoms with Gasteiger partial charge >= 0.3 is 0 Å². The zero-order valence-electron chi connectivity index (χ0n) is 20.7. The zero-order chi connectivity index (χ0) is 23.7. The first kappa shape index (κ1) is 25.5. The van der Waals surface area contributed by atoms with Crippen LogP contribution < -0.4 is 14.4 Å². The molecule has 0 aliphatic carbocycles. The highest BCUT2D eigenvalue weighted by atomic mass is 35.5. The minimum absolute atomic E-state index is 0. The monoisotopic (exact) mass is 498 g/mol. The van der Waals surface area contributed by atoms with Gasteiger partial charge in [0.1, 0.15) is 0 Å². The molecule has 0 unspecified atom stereocenters. The summed E-state index contributed by atoms with van der Waals surface area (Å²) >= 11 is 0. The van der Waals surface area contributed by atoms with Crippen molar-refractivity contribution in [2.75, 3.05) is 38.8 Å². The number of fused-ring (bicyclic) bond motifs is 1. The maximum Gasteiger partial charge on any atom is 0.227 e. The van der Waals surface area contributed by atoms with Crippen LogP contribution in [0.2, 0.25) is 0 Å². The van der Waals surface area contributed by atoms with Gasteiger partial charge < -0.3 is 14.4 Å². The third-order valence-electron chi connectivity index (χ3n) is 7.55. The Hall–Kier alpha value is -2.57. The highest BCUT2D eigenvalue weighted by Crippen LogP contribution is 2.38. The molecule has 188 valence electrons. The van der Waals surface area contributed by atoms with Crippen LogP contribution in [0.5, 0.6) is 11.5 Å². The van der Waals surface area contributed by atoms with Gasteiger partial charge in [-0.1, -0.05) is 6.42 Å². The molecule has 1 amide bonds. The number of ether oxygens (including phenoxy) is 2. The van der Waals surface area contributed by atoms with E-state index in [1.165, 1.54) is 22.3 Å². The van der Waals surface area contributed by atoms with Gasteiger partial charge in [0.15, 0.2) is 17.3 Å². The maximum absolute atomic E-state index is 12.9. The van der Waals surface area contributed by atoms with E-state index in [9.17, 15) is 9.59 Å². The molecule has 35 heavy (non-hydrogen) atoms. The number of benzene rings is 2. The van der Waals surface area contributed by atoms with Gasteiger partial charge in [0, 0.05) is 38.0 Å². The lowest BCUT2D eigenvalue weighted by molar-refractivity contribution is -0.118. The summed E-state index contributed by atoms with van der Waals surface area (Å²) in [6.45, 7) is 3.81. The van der Waals surface area contributed by atoms with E-state index in [4.69, 9.17) is 9.47 Å². The number of carbonyl (C=O) groups excluding carboxylic acids is 2. The molecule has 7 heteroatoms. The van der Waals surface area contributed by atoms with Crippen molar-refractivity contribution in [3.8, 4) is 11.5 Å². The van der Waals surface area contributed by atoms with E-state index in [2.05, 4.69) is 17.0 Å². The lowest BCUT2D eigenvalue weighted by Crippen LogP contribution is -2.32. The van der Waals surface area contributed by atoms with Gasteiger partial charge in [-0.2, -0.15) is 0 Å². The predicted molar refractivity (Wildman–Crippen MR) is 139 cm³/mol. The number of hydrogen-bond acceptors (Lipinski definition) is 5. The van der Waals surface area contributed by atoms with Crippen LogP contribution in [-0.4, -0.2) is 50.4 Å². The highest BCUT2D eigenvalue weighted by molar-refractivity contribution is 6.02. The van der Waals surface area contributed by atoms with E-state index >= 15 is 0 Å². The van der Waals surface area contributed by atoms with Crippen molar-refractivity contribution in [1.29, 1.82) is 0 Å². The van der Waals surface area contributed by atoms with Gasteiger partial charge in [0.2, 0.25) is 5.91 Å². The molecule has 3 heterocycles. The number of hydrogen-bond donors (Lipinski definition) is 0. The van der Waals surface area contributed by atoms with Gasteiger partial charge in [0.05, 0.1) is 19.9 Å². The average molecular weight is 499 g/mol. The molecule has 0 fully saturated rings. The predicted octanol–water partition coefficient (Wildman–Crippen LogP) is 4.76. The zero-order valence-corrected chi connectivity index (χ0v) is 21.5. The molecule has 0 atom stereocenters. The number of unbranched alkanes of at least 4 members (excludes halogenated alkanes) is 2. The normalized spacial score (nSPS) is 16.4. The van der Waals surface area contributed by atoms with E-state index in [0.717, 1.165) is 87.5 Å². The van der Waals surface area contributed by atoms with E-state index < -0.39 is 0 Å². The lowest BCUT2D eigenvalue weighted by atomic mass is 9.94. The third-order valence-corrected chi connectivity index (χ3v) is 7.55. The van der Waals surface area contributed by atoms with E-state index in [-0.39, 0.29) is 24.1 Å². The first-order valence-corrected chi connectivity index (χ1v) is 12.5. The molecule has 5 rings (SSSR count). The summed E-state index contributed by atoms with van der Waals surface area (Å²) in [4.78, 5) is 29.4. The molecular formula is C28H35ClN2O4. The van der Waals surface area contributed by atoms with Crippen LogP contribution in [-0.2, 0) is 30.6 Å². The SMILES string of the molecule is COc1cc2c(cc1OC)CN(CCCCCC(=O)c1cc3c4c(c1)CCN4C(=O)CC3)CC2.Cl. The summed E-state index contributed by atoms with van der Waals surface area (Å²) in [6.07, 6.45) is 6.89. The standard InChI is InChI=1S/C28H34N2O4.ClH/c1-33-25-16-19-9-12-29(18-23(19)17-26(25)34-2)11-5-3-4-6-24(31)22-14-20-7-8-27(32)30-13-10-21(15-22)28(20)30;/h14-17H,3-13,18H2,1-2H3;1H. The van der Waals surface area contributed by atoms with Crippen molar-refractivity contribution in [3.05, 3.63) is 52.1 Å². The maximum atomic E-state index is 12.9. The number of aryl methyl sites for hydroxylation is 1. The molecule has 0 N–H and O–H groups in total. The van der Waals surface area contributed by atoms with Crippen molar-refractivity contribution in [2.45, 2.75) is 57.9 Å². The number of methoxy groups -OCH3 is 2. The summed E-state index contributed by atoms with van der Waals surface area (Å²) in [6, 6.07) is 8.30. The van der Waals surface area contributed by atoms with Gasteiger partial charge in [-0.15, -0.1) is 12.4 Å². The van der Waals surface area contributed by atoms with Gasteiger partial charge in [-0.05, 0) is 85.2 Å². The number of halogens is 1. The van der Waals surface area contributed by atoms with Crippen LogP contribution in [0.15, 0.2) is 24.3 Å². The second-order valence-corrected chi connectivity index (χ2v) is 9.67. The number of nitrogens with zero attached hydrogens (tertiary/aromatic N) is 2. The average Bonchev–Trinajstić information content (AvgIpc) is 3.30. The van der Waals surface area contributed by atoms with Crippen LogP contribution in [0.3, 0.4) is 0 Å². The Labute approximate surface area is 214 Å². The van der Waals surface area contributed by atoms with Crippen molar-refractivity contribution in [3.63, 3.8) is 0 Å². The number of anilines is 1. The van der Waals surface area contributed by atoms with Gasteiger partial charge in [0.25, 0.3) is 0 Å². The quantitative estimate of drug-likeness (QED) is 0.368. The molecule has 6 nitrogen and oxygen atoms in total. The molecule has 0 aromatic heterocycles. The van der Waals surface area contributed by atoms with Crippen LogP contribution in [0.1, 0.15) is 64.7 Å². The molecule has 2 aromatic carbocycles. The molecule has 0 saturated heterocycles. The molecule has 2 aromatic rings. The summed E-state index contributed by atoms with van der Waals surface area (Å²) in [7, 11) is 3.36. The topological polar surface area (TPSA) is 59.1 Å². The van der Waals surface area contributed by atoms with E-state index in [1.807, 2.05) is 17.0 Å². The second-order valence-electron chi connectivity index (χ2n) is 9.67. The Bertz CT molecular complexity index is 1120. The third kappa shape index (κ3) is 5.19. The second kappa shape index (κ2) is 11.0. The van der Waals surface area contributed by atoms with Crippen LogP contribution in [0, 0.1) is 0 Å². The molecule has 3 aliphatic rings. The molecule has 0 bridgehead atoms. The number of ketones is 1. The summed E-state index contributed by atoms with van der Waals surface area (Å²) in [5, 5.41) is 0. The van der Waals surface area contributed by atoms with E-state index in [1.54, 1.807) is 14.2 Å². The Balaban J connectivity index is 0.00000289. The molecule has 0 saturated carbocycles. The first-order chi connectivity index (χ1) is 16.6. The van der Waals surface area contributed by atoms with Crippen molar-refractivity contribution in [2.24, 2.45) is 0 Å². The van der Waals surface area contributed by atoms with Crippen molar-refractivity contribution in [1.82, 2.24) is 4.90 Å². The first-order valence-electron chi connectivity index (χ1n) is 12.5. The minimum Gasteiger partial charge on any atom is -0.493 e. The molecular weight excluding hydrogens is 464 g/mol.